The van der Waals surface area contributed by atoms with Gasteiger partial charge in [-0.25, -0.2) is 0 Å². The van der Waals surface area contributed by atoms with E-state index in [1.165, 1.54) is 6.07 Å². The van der Waals surface area contributed by atoms with Crippen molar-refractivity contribution in [2.75, 3.05) is 18.0 Å². The van der Waals surface area contributed by atoms with Gasteiger partial charge in [-0.15, -0.1) is 0 Å². The van der Waals surface area contributed by atoms with Crippen LogP contribution in [0.5, 0.6) is 0 Å². The second kappa shape index (κ2) is 7.20. The molecule has 2 fully saturated rings. The zero-order valence-corrected chi connectivity index (χ0v) is 14.2. The minimum atomic E-state index is -0.382. The number of carbonyl (C=O) groups excluding carboxylic acids is 1. The molecule has 6 nitrogen and oxygen atoms in total. The van der Waals surface area contributed by atoms with Gasteiger partial charge in [-0.3, -0.25) is 14.9 Å². The molecule has 1 heterocycles. The van der Waals surface area contributed by atoms with Gasteiger partial charge in [0, 0.05) is 30.8 Å². The molecule has 0 bridgehead atoms. The lowest BCUT2D eigenvalue weighted by Crippen LogP contribution is -2.37. The summed E-state index contributed by atoms with van der Waals surface area (Å²) in [4.78, 5) is 25.5. The van der Waals surface area contributed by atoms with Crippen LogP contribution in [0.1, 0.15) is 55.8 Å². The highest BCUT2D eigenvalue weighted by Crippen LogP contribution is 2.32. The summed E-state index contributed by atoms with van der Waals surface area (Å²) in [5, 5.41) is 14.5. The maximum absolute atomic E-state index is 12.5. The Labute approximate surface area is 142 Å². The highest BCUT2D eigenvalue weighted by atomic mass is 16.6. The smallest absolute Gasteiger partial charge is 0.293 e. The number of benzene rings is 1. The summed E-state index contributed by atoms with van der Waals surface area (Å²) in [6, 6.07) is 5.04. The van der Waals surface area contributed by atoms with Crippen molar-refractivity contribution < 1.29 is 9.72 Å². The summed E-state index contributed by atoms with van der Waals surface area (Å²) >= 11 is 0. The molecule has 1 aliphatic heterocycles. The van der Waals surface area contributed by atoms with Crippen LogP contribution in [-0.4, -0.2) is 30.0 Å². The van der Waals surface area contributed by atoms with E-state index in [9.17, 15) is 14.9 Å². The molecule has 1 saturated heterocycles. The average Bonchev–Trinajstić information content (AvgIpc) is 3.10. The standard InChI is InChI=1S/C18H25N3O3/c1-13-4-7-15(8-5-13)19-18(22)14-6-9-16(17(12-14)21(23)24)20-10-2-3-11-20/h6,9,12-13,15H,2-5,7-8,10-11H2,1H3,(H,19,22). The third-order valence-corrected chi connectivity index (χ3v) is 5.23. The molecule has 1 saturated carbocycles. The van der Waals surface area contributed by atoms with Crippen LogP contribution in [0, 0.1) is 16.0 Å². The van der Waals surface area contributed by atoms with Crippen molar-refractivity contribution in [3.63, 3.8) is 0 Å². The number of nitrogens with one attached hydrogen (secondary N) is 1. The third-order valence-electron chi connectivity index (χ3n) is 5.23. The average molecular weight is 331 g/mol. The number of rotatable bonds is 4. The molecule has 1 amide bonds. The second-order valence-corrected chi connectivity index (χ2v) is 7.09. The molecular weight excluding hydrogens is 306 g/mol. The van der Waals surface area contributed by atoms with Crippen molar-refractivity contribution in [1.82, 2.24) is 5.32 Å². The van der Waals surface area contributed by atoms with E-state index in [4.69, 9.17) is 0 Å². The zero-order chi connectivity index (χ0) is 17.1. The molecule has 2 aliphatic rings. The molecular formula is C18H25N3O3. The number of hydrogen-bond donors (Lipinski definition) is 1. The molecule has 1 aromatic rings. The molecule has 1 N–H and O–H groups in total. The van der Waals surface area contributed by atoms with Gasteiger partial charge in [-0.1, -0.05) is 6.92 Å². The molecule has 3 rings (SSSR count). The van der Waals surface area contributed by atoms with Crippen LogP contribution in [0.4, 0.5) is 11.4 Å². The van der Waals surface area contributed by atoms with E-state index >= 15 is 0 Å². The first-order chi connectivity index (χ1) is 11.5. The fourth-order valence-corrected chi connectivity index (χ4v) is 3.71. The van der Waals surface area contributed by atoms with E-state index in [1.807, 2.05) is 4.90 Å². The van der Waals surface area contributed by atoms with Crippen molar-refractivity contribution in [3.05, 3.63) is 33.9 Å². The van der Waals surface area contributed by atoms with Crippen LogP contribution in [0.3, 0.4) is 0 Å². The largest absolute Gasteiger partial charge is 0.366 e. The lowest BCUT2D eigenvalue weighted by Gasteiger charge is -2.27. The third kappa shape index (κ3) is 3.68. The molecule has 0 atom stereocenters. The minimum absolute atomic E-state index is 0.0295. The van der Waals surface area contributed by atoms with Crippen molar-refractivity contribution in [1.29, 1.82) is 0 Å². The monoisotopic (exact) mass is 331 g/mol. The molecule has 1 aromatic carbocycles. The van der Waals surface area contributed by atoms with E-state index in [-0.39, 0.29) is 22.6 Å². The Morgan fingerprint density at radius 2 is 1.88 bits per heavy atom. The molecule has 6 heteroatoms. The summed E-state index contributed by atoms with van der Waals surface area (Å²) < 4.78 is 0. The fourth-order valence-electron chi connectivity index (χ4n) is 3.71. The van der Waals surface area contributed by atoms with Gasteiger partial charge in [-0.05, 0) is 56.6 Å². The Morgan fingerprint density at radius 3 is 2.50 bits per heavy atom. The van der Waals surface area contributed by atoms with Gasteiger partial charge >= 0.3 is 0 Å². The Bertz CT molecular complexity index is 618. The van der Waals surface area contributed by atoms with Crippen LogP contribution >= 0.6 is 0 Å². The first kappa shape index (κ1) is 16.7. The number of hydrogen-bond acceptors (Lipinski definition) is 4. The number of carbonyl (C=O) groups is 1. The predicted molar refractivity (Wildman–Crippen MR) is 93.4 cm³/mol. The Balaban J connectivity index is 1.74. The van der Waals surface area contributed by atoms with E-state index in [1.54, 1.807) is 12.1 Å². The predicted octanol–water partition coefficient (Wildman–Crippen LogP) is 3.50. The summed E-state index contributed by atoms with van der Waals surface area (Å²) in [5.74, 6) is 0.518. The quantitative estimate of drug-likeness (QED) is 0.677. The van der Waals surface area contributed by atoms with Gasteiger partial charge in [0.25, 0.3) is 11.6 Å². The number of nitro groups is 1. The molecule has 1 aliphatic carbocycles. The molecule has 0 aromatic heterocycles. The highest BCUT2D eigenvalue weighted by Gasteiger charge is 2.25. The van der Waals surface area contributed by atoms with Gasteiger partial charge < -0.3 is 10.2 Å². The summed E-state index contributed by atoms with van der Waals surface area (Å²) in [5.41, 5.74) is 1.03. The van der Waals surface area contributed by atoms with Gasteiger partial charge in [0.1, 0.15) is 5.69 Å². The van der Waals surface area contributed by atoms with Crippen LogP contribution in [0.25, 0.3) is 0 Å². The fraction of sp³-hybridized carbons (Fsp3) is 0.611. The maximum atomic E-state index is 12.5. The van der Waals surface area contributed by atoms with E-state index < -0.39 is 0 Å². The van der Waals surface area contributed by atoms with E-state index in [0.29, 0.717) is 11.3 Å². The van der Waals surface area contributed by atoms with E-state index in [0.717, 1.165) is 57.5 Å². The Morgan fingerprint density at radius 1 is 1.21 bits per heavy atom. The molecule has 0 radical (unpaired) electrons. The molecule has 0 unspecified atom stereocenters. The number of nitrogens with zero attached hydrogens (tertiary/aromatic N) is 2. The van der Waals surface area contributed by atoms with Crippen molar-refractivity contribution in [3.8, 4) is 0 Å². The van der Waals surface area contributed by atoms with E-state index in [2.05, 4.69) is 12.2 Å². The van der Waals surface area contributed by atoms with Gasteiger partial charge in [0.2, 0.25) is 0 Å². The lowest BCUT2D eigenvalue weighted by molar-refractivity contribution is -0.384. The van der Waals surface area contributed by atoms with Crippen molar-refractivity contribution in [2.24, 2.45) is 5.92 Å². The van der Waals surface area contributed by atoms with Crippen molar-refractivity contribution in [2.45, 2.75) is 51.5 Å². The molecule has 0 spiro atoms. The van der Waals surface area contributed by atoms with Crippen LogP contribution in [-0.2, 0) is 0 Å². The topological polar surface area (TPSA) is 75.5 Å². The summed E-state index contributed by atoms with van der Waals surface area (Å²) in [7, 11) is 0. The van der Waals surface area contributed by atoms with Crippen LogP contribution in [0.2, 0.25) is 0 Å². The van der Waals surface area contributed by atoms with Crippen molar-refractivity contribution >= 4 is 17.3 Å². The lowest BCUT2D eigenvalue weighted by atomic mass is 9.87. The van der Waals surface area contributed by atoms with Crippen LogP contribution < -0.4 is 10.2 Å². The van der Waals surface area contributed by atoms with Gasteiger partial charge in [0.05, 0.1) is 4.92 Å². The van der Waals surface area contributed by atoms with Crippen LogP contribution in [0.15, 0.2) is 18.2 Å². The SMILES string of the molecule is CC1CCC(NC(=O)c2ccc(N3CCCC3)c([N+](=O)[O-])c2)CC1. The highest BCUT2D eigenvalue weighted by molar-refractivity contribution is 5.96. The Kier molecular flexibility index (Phi) is 5.02. The second-order valence-electron chi connectivity index (χ2n) is 7.09. The summed E-state index contributed by atoms with van der Waals surface area (Å²) in [6.07, 6.45) is 6.33. The van der Waals surface area contributed by atoms with Gasteiger partial charge in [0.15, 0.2) is 0 Å². The molecule has 130 valence electrons. The number of anilines is 1. The number of nitro benzene ring substituents is 1. The summed E-state index contributed by atoms with van der Waals surface area (Å²) in [6.45, 7) is 3.91. The maximum Gasteiger partial charge on any atom is 0.293 e. The van der Waals surface area contributed by atoms with Gasteiger partial charge in [-0.2, -0.15) is 0 Å². The Hall–Kier alpha value is -2.11. The normalized spacial score (nSPS) is 24.0. The minimum Gasteiger partial charge on any atom is -0.366 e. The first-order valence-corrected chi connectivity index (χ1v) is 8.89. The zero-order valence-electron chi connectivity index (χ0n) is 14.2. The number of amides is 1. The first-order valence-electron chi connectivity index (χ1n) is 8.89. The molecule has 24 heavy (non-hydrogen) atoms.